The van der Waals surface area contributed by atoms with Crippen LogP contribution < -0.4 is 10.1 Å². The van der Waals surface area contributed by atoms with E-state index in [4.69, 9.17) is 27.9 Å². The fourth-order valence-electron chi connectivity index (χ4n) is 2.69. The fourth-order valence-corrected chi connectivity index (χ4v) is 3.01. The molecule has 3 rings (SSSR count). The quantitative estimate of drug-likeness (QED) is 0.506. The van der Waals surface area contributed by atoms with Gasteiger partial charge in [-0.15, -0.1) is 0 Å². The lowest BCUT2D eigenvalue weighted by Crippen LogP contribution is -2.18. The Bertz CT molecular complexity index is 835. The monoisotopic (exact) mass is 385 g/mol. The van der Waals surface area contributed by atoms with Crippen molar-refractivity contribution in [2.45, 2.75) is 26.1 Å². The minimum Gasteiger partial charge on any atom is -0.489 e. The lowest BCUT2D eigenvalue weighted by atomic mass is 10.1. The van der Waals surface area contributed by atoms with Crippen molar-refractivity contribution in [2.75, 3.05) is 0 Å². The van der Waals surface area contributed by atoms with Crippen LogP contribution in [0.4, 0.5) is 0 Å². The molecule has 3 aromatic carbocycles. The number of rotatable bonds is 7. The van der Waals surface area contributed by atoms with E-state index in [2.05, 4.69) is 24.4 Å². The maximum atomic E-state index is 6.19. The second-order valence-corrected chi connectivity index (χ2v) is 7.05. The summed E-state index contributed by atoms with van der Waals surface area (Å²) in [5, 5.41) is 4.96. The molecule has 0 aliphatic rings. The second kappa shape index (κ2) is 9.09. The maximum absolute atomic E-state index is 6.19. The molecule has 0 aliphatic carbocycles. The van der Waals surface area contributed by atoms with Crippen LogP contribution in [0.5, 0.6) is 5.75 Å². The van der Waals surface area contributed by atoms with Gasteiger partial charge < -0.3 is 10.1 Å². The molecule has 0 saturated heterocycles. The van der Waals surface area contributed by atoms with E-state index in [-0.39, 0.29) is 6.04 Å². The predicted molar refractivity (Wildman–Crippen MR) is 109 cm³/mol. The molecule has 0 saturated carbocycles. The Kier molecular flexibility index (Phi) is 6.56. The molecule has 0 fully saturated rings. The lowest BCUT2D eigenvalue weighted by molar-refractivity contribution is 0.301. The van der Waals surface area contributed by atoms with Crippen LogP contribution in [-0.2, 0) is 13.2 Å². The van der Waals surface area contributed by atoms with Crippen molar-refractivity contribution in [3.05, 3.63) is 99.5 Å². The van der Waals surface area contributed by atoms with Gasteiger partial charge in [-0.1, -0.05) is 65.7 Å². The maximum Gasteiger partial charge on any atom is 0.124 e. The van der Waals surface area contributed by atoms with Crippen LogP contribution in [0.3, 0.4) is 0 Å². The summed E-state index contributed by atoms with van der Waals surface area (Å²) in [6.07, 6.45) is 0. The Morgan fingerprint density at radius 1 is 0.885 bits per heavy atom. The zero-order valence-electron chi connectivity index (χ0n) is 14.6. The summed E-state index contributed by atoms with van der Waals surface area (Å²) < 4.78 is 6.01. The average Bonchev–Trinajstić information content (AvgIpc) is 2.67. The standard InChI is InChI=1S/C22H21Cl2NO/c1-16(18-5-3-2-4-6-18)25-14-19-13-21(24)11-12-22(19)26-15-17-7-9-20(23)10-8-17/h2-13,16,25H,14-15H2,1H3/t16-/m0/s1. The van der Waals surface area contributed by atoms with Crippen LogP contribution in [0, 0.1) is 0 Å². The zero-order chi connectivity index (χ0) is 18.4. The van der Waals surface area contributed by atoms with Crippen molar-refractivity contribution >= 4 is 23.2 Å². The van der Waals surface area contributed by atoms with Crippen LogP contribution in [0.2, 0.25) is 10.0 Å². The zero-order valence-corrected chi connectivity index (χ0v) is 16.1. The Balaban J connectivity index is 1.66. The van der Waals surface area contributed by atoms with Crippen LogP contribution in [0.15, 0.2) is 72.8 Å². The third-order valence-corrected chi connectivity index (χ3v) is 4.72. The SMILES string of the molecule is C[C@H](NCc1cc(Cl)ccc1OCc1ccc(Cl)cc1)c1ccccc1. The van der Waals surface area contributed by atoms with Crippen LogP contribution in [0.25, 0.3) is 0 Å². The van der Waals surface area contributed by atoms with Gasteiger partial charge >= 0.3 is 0 Å². The summed E-state index contributed by atoms with van der Waals surface area (Å²) in [5.74, 6) is 0.831. The number of halogens is 2. The molecule has 134 valence electrons. The molecular weight excluding hydrogens is 365 g/mol. The van der Waals surface area contributed by atoms with E-state index in [0.717, 1.165) is 21.9 Å². The highest BCUT2D eigenvalue weighted by Gasteiger charge is 2.09. The smallest absolute Gasteiger partial charge is 0.124 e. The molecule has 1 atom stereocenters. The summed E-state index contributed by atoms with van der Waals surface area (Å²) in [7, 11) is 0. The molecule has 0 aliphatic heterocycles. The van der Waals surface area contributed by atoms with Crippen LogP contribution in [-0.4, -0.2) is 0 Å². The van der Waals surface area contributed by atoms with Gasteiger partial charge in [0, 0.05) is 28.2 Å². The first kappa shape index (κ1) is 18.8. The molecule has 2 nitrogen and oxygen atoms in total. The summed E-state index contributed by atoms with van der Waals surface area (Å²) in [6.45, 7) is 3.31. The number of nitrogens with one attached hydrogen (secondary N) is 1. The highest BCUT2D eigenvalue weighted by molar-refractivity contribution is 6.30. The topological polar surface area (TPSA) is 21.3 Å². The van der Waals surface area contributed by atoms with Crippen molar-refractivity contribution in [3.8, 4) is 5.75 Å². The summed E-state index contributed by atoms with van der Waals surface area (Å²) in [4.78, 5) is 0. The van der Waals surface area contributed by atoms with Gasteiger partial charge in [-0.3, -0.25) is 0 Å². The molecule has 3 aromatic rings. The molecular formula is C22H21Cl2NO. The van der Waals surface area contributed by atoms with Gasteiger partial charge in [-0.25, -0.2) is 0 Å². The highest BCUT2D eigenvalue weighted by atomic mass is 35.5. The van der Waals surface area contributed by atoms with Gasteiger partial charge in [0.1, 0.15) is 12.4 Å². The fraction of sp³-hybridized carbons (Fsp3) is 0.182. The second-order valence-electron chi connectivity index (χ2n) is 6.18. The third-order valence-electron chi connectivity index (χ3n) is 4.23. The molecule has 0 radical (unpaired) electrons. The van der Waals surface area contributed by atoms with Gasteiger partial charge in [0.25, 0.3) is 0 Å². The number of ether oxygens (including phenoxy) is 1. The van der Waals surface area contributed by atoms with Crippen LogP contribution >= 0.6 is 23.2 Å². The van der Waals surface area contributed by atoms with Crippen molar-refractivity contribution in [1.29, 1.82) is 0 Å². The van der Waals surface area contributed by atoms with Crippen molar-refractivity contribution in [3.63, 3.8) is 0 Å². The van der Waals surface area contributed by atoms with Gasteiger partial charge in [-0.05, 0) is 48.4 Å². The van der Waals surface area contributed by atoms with Gasteiger partial charge in [0.15, 0.2) is 0 Å². The van der Waals surface area contributed by atoms with E-state index < -0.39 is 0 Å². The molecule has 1 N–H and O–H groups in total. The normalized spacial score (nSPS) is 12.0. The average molecular weight is 386 g/mol. The first-order valence-corrected chi connectivity index (χ1v) is 9.31. The minimum atomic E-state index is 0.235. The van der Waals surface area contributed by atoms with Gasteiger partial charge in [0.2, 0.25) is 0 Å². The van der Waals surface area contributed by atoms with Gasteiger partial charge in [-0.2, -0.15) is 0 Å². The highest BCUT2D eigenvalue weighted by Crippen LogP contribution is 2.25. The molecule has 0 bridgehead atoms. The van der Waals surface area contributed by atoms with E-state index in [1.165, 1.54) is 5.56 Å². The summed E-state index contributed by atoms with van der Waals surface area (Å²) >= 11 is 12.1. The van der Waals surface area contributed by atoms with Crippen molar-refractivity contribution in [1.82, 2.24) is 5.32 Å². The molecule has 26 heavy (non-hydrogen) atoms. The molecule has 0 heterocycles. The number of benzene rings is 3. The Labute approximate surface area is 164 Å². The number of hydrogen-bond donors (Lipinski definition) is 1. The molecule has 0 spiro atoms. The predicted octanol–water partition coefficient (Wildman–Crippen LogP) is 6.42. The van der Waals surface area contributed by atoms with Gasteiger partial charge in [0.05, 0.1) is 0 Å². The van der Waals surface area contributed by atoms with E-state index >= 15 is 0 Å². The molecule has 4 heteroatoms. The molecule has 0 amide bonds. The first-order valence-electron chi connectivity index (χ1n) is 8.56. The van der Waals surface area contributed by atoms with E-state index in [1.807, 2.05) is 60.7 Å². The van der Waals surface area contributed by atoms with Crippen molar-refractivity contribution < 1.29 is 4.74 Å². The summed E-state index contributed by atoms with van der Waals surface area (Å²) in [6, 6.07) is 24.0. The third kappa shape index (κ3) is 5.25. The molecule has 0 aromatic heterocycles. The summed E-state index contributed by atoms with van der Waals surface area (Å²) in [5.41, 5.74) is 3.35. The number of hydrogen-bond acceptors (Lipinski definition) is 2. The van der Waals surface area contributed by atoms with E-state index in [1.54, 1.807) is 0 Å². The molecule has 0 unspecified atom stereocenters. The Hall–Kier alpha value is -2.00. The first-order chi connectivity index (χ1) is 12.6. The Morgan fingerprint density at radius 3 is 2.31 bits per heavy atom. The largest absolute Gasteiger partial charge is 0.489 e. The van der Waals surface area contributed by atoms with Crippen LogP contribution in [0.1, 0.15) is 29.7 Å². The van der Waals surface area contributed by atoms with E-state index in [0.29, 0.717) is 18.2 Å². The van der Waals surface area contributed by atoms with E-state index in [9.17, 15) is 0 Å². The Morgan fingerprint density at radius 2 is 1.58 bits per heavy atom. The lowest BCUT2D eigenvalue weighted by Gasteiger charge is -2.17. The minimum absolute atomic E-state index is 0.235. The van der Waals surface area contributed by atoms with Crippen molar-refractivity contribution in [2.24, 2.45) is 0 Å².